The van der Waals surface area contributed by atoms with Gasteiger partial charge in [0.15, 0.2) is 0 Å². The lowest BCUT2D eigenvalue weighted by atomic mass is 9.99. The van der Waals surface area contributed by atoms with E-state index in [1.807, 2.05) is 12.1 Å². The van der Waals surface area contributed by atoms with Gasteiger partial charge in [0.2, 0.25) is 5.91 Å². The Labute approximate surface area is 127 Å². The molecular formula is C16H25ClN2O. The normalized spacial score (nSPS) is 21.9. The van der Waals surface area contributed by atoms with Crippen LogP contribution in [0, 0.1) is 6.92 Å². The smallest absolute Gasteiger partial charge is 0.220 e. The zero-order valence-corrected chi connectivity index (χ0v) is 13.1. The second-order valence-corrected chi connectivity index (χ2v) is 5.49. The predicted octanol–water partition coefficient (Wildman–Crippen LogP) is 2.61. The largest absolute Gasteiger partial charge is 0.352 e. The standard InChI is InChI=1S/C16H24N2O.ClH/c1-12-6-3-4-7-14(12)9-10-16(19)18-15-8-5-11-17-13(15)2;/h3-4,6-7,13,15,17H,5,8-11H2,1-2H3,(H,18,19);1H. The summed E-state index contributed by atoms with van der Waals surface area (Å²) in [6.07, 6.45) is 3.64. The van der Waals surface area contributed by atoms with Crippen LogP contribution >= 0.6 is 12.4 Å². The van der Waals surface area contributed by atoms with E-state index in [9.17, 15) is 4.79 Å². The number of amides is 1. The third-order valence-electron chi connectivity index (χ3n) is 3.99. The number of carbonyl (C=O) groups excluding carboxylic acids is 1. The molecule has 1 amide bonds. The van der Waals surface area contributed by atoms with Crippen molar-refractivity contribution in [1.29, 1.82) is 0 Å². The maximum absolute atomic E-state index is 12.0. The predicted molar refractivity (Wildman–Crippen MR) is 85.4 cm³/mol. The van der Waals surface area contributed by atoms with Crippen LogP contribution in [0.5, 0.6) is 0 Å². The van der Waals surface area contributed by atoms with Gasteiger partial charge in [-0.05, 0) is 50.8 Å². The van der Waals surface area contributed by atoms with Gasteiger partial charge in [0, 0.05) is 18.5 Å². The SMILES string of the molecule is Cc1ccccc1CCC(=O)NC1CCCNC1C.Cl. The van der Waals surface area contributed by atoms with Gasteiger partial charge in [-0.15, -0.1) is 12.4 Å². The molecule has 1 saturated heterocycles. The molecule has 2 N–H and O–H groups in total. The number of rotatable bonds is 4. The molecule has 0 radical (unpaired) electrons. The van der Waals surface area contributed by atoms with Crippen molar-refractivity contribution in [3.63, 3.8) is 0 Å². The lowest BCUT2D eigenvalue weighted by Crippen LogP contribution is -2.51. The van der Waals surface area contributed by atoms with Crippen molar-refractivity contribution in [2.45, 2.75) is 51.6 Å². The topological polar surface area (TPSA) is 41.1 Å². The van der Waals surface area contributed by atoms with Crippen molar-refractivity contribution in [3.05, 3.63) is 35.4 Å². The van der Waals surface area contributed by atoms with E-state index in [4.69, 9.17) is 0 Å². The minimum Gasteiger partial charge on any atom is -0.352 e. The summed E-state index contributed by atoms with van der Waals surface area (Å²) >= 11 is 0. The first kappa shape index (κ1) is 17.0. The summed E-state index contributed by atoms with van der Waals surface area (Å²) in [4.78, 5) is 12.0. The van der Waals surface area contributed by atoms with Gasteiger partial charge in [-0.1, -0.05) is 24.3 Å². The second-order valence-electron chi connectivity index (χ2n) is 5.49. The van der Waals surface area contributed by atoms with Crippen LogP contribution in [0.3, 0.4) is 0 Å². The Morgan fingerprint density at radius 3 is 2.85 bits per heavy atom. The van der Waals surface area contributed by atoms with Crippen molar-refractivity contribution in [3.8, 4) is 0 Å². The van der Waals surface area contributed by atoms with E-state index >= 15 is 0 Å². The fourth-order valence-corrected chi connectivity index (χ4v) is 2.66. The number of benzene rings is 1. The summed E-state index contributed by atoms with van der Waals surface area (Å²) in [7, 11) is 0. The minimum absolute atomic E-state index is 0. The Balaban J connectivity index is 0.00000200. The van der Waals surface area contributed by atoms with Crippen LogP contribution in [-0.4, -0.2) is 24.5 Å². The molecule has 112 valence electrons. The molecule has 4 heteroatoms. The molecule has 0 aromatic heterocycles. The van der Waals surface area contributed by atoms with Gasteiger partial charge in [-0.25, -0.2) is 0 Å². The number of nitrogens with one attached hydrogen (secondary N) is 2. The highest BCUT2D eigenvalue weighted by Gasteiger charge is 2.21. The van der Waals surface area contributed by atoms with Crippen molar-refractivity contribution < 1.29 is 4.79 Å². The second kappa shape index (κ2) is 8.28. The molecule has 1 aliphatic heterocycles. The van der Waals surface area contributed by atoms with E-state index in [2.05, 4.69) is 36.6 Å². The summed E-state index contributed by atoms with van der Waals surface area (Å²) in [6.45, 7) is 5.31. The van der Waals surface area contributed by atoms with E-state index < -0.39 is 0 Å². The van der Waals surface area contributed by atoms with Crippen LogP contribution in [-0.2, 0) is 11.2 Å². The molecule has 2 rings (SSSR count). The van der Waals surface area contributed by atoms with E-state index in [0.717, 1.165) is 25.8 Å². The van der Waals surface area contributed by atoms with Crippen molar-refractivity contribution in [2.75, 3.05) is 6.54 Å². The third-order valence-corrected chi connectivity index (χ3v) is 3.99. The molecule has 1 heterocycles. The van der Waals surface area contributed by atoms with Crippen molar-refractivity contribution >= 4 is 18.3 Å². The number of hydrogen-bond acceptors (Lipinski definition) is 2. The first-order valence-corrected chi connectivity index (χ1v) is 7.24. The Kier molecular flexibility index (Phi) is 7.03. The average molecular weight is 297 g/mol. The van der Waals surface area contributed by atoms with Gasteiger partial charge < -0.3 is 10.6 Å². The highest BCUT2D eigenvalue weighted by molar-refractivity contribution is 5.85. The first-order chi connectivity index (χ1) is 9.16. The van der Waals surface area contributed by atoms with E-state index in [1.165, 1.54) is 11.1 Å². The number of halogens is 1. The summed E-state index contributed by atoms with van der Waals surface area (Å²) in [5.41, 5.74) is 2.54. The van der Waals surface area contributed by atoms with Crippen LogP contribution in [0.15, 0.2) is 24.3 Å². The maximum Gasteiger partial charge on any atom is 0.220 e. The van der Waals surface area contributed by atoms with Crippen LogP contribution in [0.4, 0.5) is 0 Å². The maximum atomic E-state index is 12.0. The molecule has 1 aromatic carbocycles. The van der Waals surface area contributed by atoms with Crippen molar-refractivity contribution in [2.24, 2.45) is 0 Å². The van der Waals surface area contributed by atoms with Gasteiger partial charge in [-0.3, -0.25) is 4.79 Å². The monoisotopic (exact) mass is 296 g/mol. The number of aryl methyl sites for hydroxylation is 2. The van der Waals surface area contributed by atoms with E-state index in [0.29, 0.717) is 12.5 Å². The fourth-order valence-electron chi connectivity index (χ4n) is 2.66. The van der Waals surface area contributed by atoms with Crippen molar-refractivity contribution in [1.82, 2.24) is 10.6 Å². The number of hydrogen-bond donors (Lipinski definition) is 2. The average Bonchev–Trinajstić information content (AvgIpc) is 2.40. The minimum atomic E-state index is 0. The molecular weight excluding hydrogens is 272 g/mol. The molecule has 1 aromatic rings. The van der Waals surface area contributed by atoms with E-state index in [1.54, 1.807) is 0 Å². The molecule has 0 saturated carbocycles. The molecule has 0 bridgehead atoms. The molecule has 2 unspecified atom stereocenters. The Hall–Kier alpha value is -1.06. The highest BCUT2D eigenvalue weighted by Crippen LogP contribution is 2.11. The summed E-state index contributed by atoms with van der Waals surface area (Å²) in [6, 6.07) is 8.95. The van der Waals surface area contributed by atoms with Crippen LogP contribution in [0.1, 0.15) is 37.3 Å². The summed E-state index contributed by atoms with van der Waals surface area (Å²) in [5.74, 6) is 0.170. The molecule has 3 nitrogen and oxygen atoms in total. The van der Waals surface area contributed by atoms with Gasteiger partial charge in [-0.2, -0.15) is 0 Å². The molecule has 0 aliphatic carbocycles. The molecule has 20 heavy (non-hydrogen) atoms. The number of carbonyl (C=O) groups is 1. The fraction of sp³-hybridized carbons (Fsp3) is 0.562. The van der Waals surface area contributed by atoms with Crippen LogP contribution in [0.25, 0.3) is 0 Å². The molecule has 0 spiro atoms. The zero-order valence-electron chi connectivity index (χ0n) is 12.3. The lowest BCUT2D eigenvalue weighted by molar-refractivity contribution is -0.122. The Morgan fingerprint density at radius 2 is 2.15 bits per heavy atom. The molecule has 1 aliphatic rings. The van der Waals surface area contributed by atoms with Gasteiger partial charge >= 0.3 is 0 Å². The summed E-state index contributed by atoms with van der Waals surface area (Å²) < 4.78 is 0. The van der Waals surface area contributed by atoms with E-state index in [-0.39, 0.29) is 24.4 Å². The van der Waals surface area contributed by atoms with Gasteiger partial charge in [0.1, 0.15) is 0 Å². The van der Waals surface area contributed by atoms with Crippen LogP contribution in [0.2, 0.25) is 0 Å². The Morgan fingerprint density at radius 1 is 1.40 bits per heavy atom. The lowest BCUT2D eigenvalue weighted by Gasteiger charge is -2.30. The number of piperidine rings is 1. The Bertz CT molecular complexity index is 436. The molecule has 2 atom stereocenters. The first-order valence-electron chi connectivity index (χ1n) is 7.24. The molecule has 1 fully saturated rings. The zero-order chi connectivity index (χ0) is 13.7. The highest BCUT2D eigenvalue weighted by atomic mass is 35.5. The van der Waals surface area contributed by atoms with Gasteiger partial charge in [0.05, 0.1) is 0 Å². The quantitative estimate of drug-likeness (QED) is 0.897. The summed E-state index contributed by atoms with van der Waals surface area (Å²) in [5, 5.41) is 6.56. The van der Waals surface area contributed by atoms with Crippen LogP contribution < -0.4 is 10.6 Å². The van der Waals surface area contributed by atoms with Gasteiger partial charge in [0.25, 0.3) is 0 Å². The third kappa shape index (κ3) is 4.80.